The van der Waals surface area contributed by atoms with E-state index in [-0.39, 0.29) is 17.8 Å². The molecule has 1 aromatic heterocycles. The number of hydrogen-bond acceptors (Lipinski definition) is 4. The number of rotatable bonds is 3. The number of aromatic amines is 1. The second kappa shape index (κ2) is 4.73. The summed E-state index contributed by atoms with van der Waals surface area (Å²) in [5, 5.41) is 0. The molecule has 0 saturated carbocycles. The number of nitrogens with two attached hydrogens (primary N) is 1. The smallest absolute Gasteiger partial charge is 0.310 e. The predicted octanol–water partition coefficient (Wildman–Crippen LogP) is 0.610. The van der Waals surface area contributed by atoms with Gasteiger partial charge in [0.25, 0.3) is 12.0 Å². The molecule has 0 amide bonds. The molecule has 5 nitrogen and oxygen atoms in total. The number of nitrogens with one attached hydrogen (secondary N) is 1. The summed E-state index contributed by atoms with van der Waals surface area (Å²) in [6, 6.07) is 0.912. The van der Waals surface area contributed by atoms with Crippen LogP contribution in [0.25, 0.3) is 0 Å². The van der Waals surface area contributed by atoms with E-state index < -0.39 is 23.5 Å². The number of nitrogen functional groups attached to an aromatic ring is 1. The van der Waals surface area contributed by atoms with Crippen molar-refractivity contribution in [2.24, 2.45) is 0 Å². The van der Waals surface area contributed by atoms with E-state index in [1.807, 2.05) is 0 Å². The number of methoxy groups -OCH3 is 1. The van der Waals surface area contributed by atoms with Crippen LogP contribution in [0.5, 0.6) is 0 Å². The summed E-state index contributed by atoms with van der Waals surface area (Å²) in [6.45, 7) is 0. The highest BCUT2D eigenvalue weighted by Crippen LogP contribution is 2.18. The standard InChI is InChI=1S/C9H10F2N2O3/c1-16-6(14)3-4-2-5(7(10)11)9(15)13-8(4)12/h2,7H,3H2,1H3,(H3,12,13,15). The first-order valence-corrected chi connectivity index (χ1v) is 4.32. The molecule has 1 heterocycles. The van der Waals surface area contributed by atoms with Crippen LogP contribution in [0.4, 0.5) is 14.6 Å². The minimum atomic E-state index is -2.92. The van der Waals surface area contributed by atoms with Crippen LogP contribution < -0.4 is 11.3 Å². The molecule has 88 valence electrons. The first-order valence-electron chi connectivity index (χ1n) is 4.32. The van der Waals surface area contributed by atoms with Crippen LogP contribution in [-0.4, -0.2) is 18.1 Å². The molecule has 0 spiro atoms. The number of ether oxygens (including phenoxy) is 1. The van der Waals surface area contributed by atoms with Gasteiger partial charge in [-0.15, -0.1) is 0 Å². The molecule has 0 bridgehead atoms. The summed E-state index contributed by atoms with van der Waals surface area (Å²) in [7, 11) is 1.16. The van der Waals surface area contributed by atoms with Crippen molar-refractivity contribution in [2.45, 2.75) is 12.8 Å². The second-order valence-electron chi connectivity index (χ2n) is 3.05. The molecule has 3 N–H and O–H groups in total. The summed E-state index contributed by atoms with van der Waals surface area (Å²) in [6.07, 6.45) is -3.18. The van der Waals surface area contributed by atoms with Crippen LogP contribution >= 0.6 is 0 Å². The summed E-state index contributed by atoms with van der Waals surface area (Å²) >= 11 is 0. The lowest BCUT2D eigenvalue weighted by atomic mass is 10.1. The van der Waals surface area contributed by atoms with Gasteiger partial charge in [0, 0.05) is 5.56 Å². The molecular weight excluding hydrogens is 222 g/mol. The Morgan fingerprint density at radius 1 is 1.62 bits per heavy atom. The Morgan fingerprint density at radius 2 is 2.25 bits per heavy atom. The van der Waals surface area contributed by atoms with Crippen LogP contribution in [0.2, 0.25) is 0 Å². The molecule has 1 aromatic rings. The van der Waals surface area contributed by atoms with E-state index in [1.54, 1.807) is 0 Å². The van der Waals surface area contributed by atoms with Gasteiger partial charge in [-0.05, 0) is 6.07 Å². The summed E-state index contributed by atoms with van der Waals surface area (Å²) in [4.78, 5) is 24.1. The number of aromatic nitrogens is 1. The van der Waals surface area contributed by atoms with Gasteiger partial charge in [0.15, 0.2) is 0 Å². The van der Waals surface area contributed by atoms with Crippen molar-refractivity contribution in [1.82, 2.24) is 4.98 Å². The fourth-order valence-electron chi connectivity index (χ4n) is 1.14. The van der Waals surface area contributed by atoms with Crippen LogP contribution in [-0.2, 0) is 16.0 Å². The van der Waals surface area contributed by atoms with Crippen LogP contribution in [0.15, 0.2) is 10.9 Å². The average Bonchev–Trinajstić information content (AvgIpc) is 2.21. The minimum absolute atomic E-state index is 0.111. The van der Waals surface area contributed by atoms with Gasteiger partial charge < -0.3 is 15.5 Å². The summed E-state index contributed by atoms with van der Waals surface area (Å²) < 4.78 is 29.1. The largest absolute Gasteiger partial charge is 0.469 e. The lowest BCUT2D eigenvalue weighted by molar-refractivity contribution is -0.139. The second-order valence-corrected chi connectivity index (χ2v) is 3.05. The Bertz CT molecular complexity index is 457. The van der Waals surface area contributed by atoms with Gasteiger partial charge in [0.2, 0.25) is 0 Å². The molecule has 0 aliphatic rings. The maximum atomic E-state index is 12.4. The zero-order valence-electron chi connectivity index (χ0n) is 8.42. The van der Waals surface area contributed by atoms with E-state index in [2.05, 4.69) is 9.72 Å². The summed E-state index contributed by atoms with van der Waals surface area (Å²) in [5.41, 5.74) is 3.83. The predicted molar refractivity (Wildman–Crippen MR) is 52.2 cm³/mol. The number of H-pyrrole nitrogens is 1. The Hall–Kier alpha value is -1.92. The molecular formula is C9H10F2N2O3. The Kier molecular flexibility index (Phi) is 3.60. The van der Waals surface area contributed by atoms with E-state index in [9.17, 15) is 18.4 Å². The van der Waals surface area contributed by atoms with Gasteiger partial charge in [0.05, 0.1) is 19.1 Å². The third-order valence-electron chi connectivity index (χ3n) is 1.98. The van der Waals surface area contributed by atoms with Crippen molar-refractivity contribution in [3.63, 3.8) is 0 Å². The number of hydrogen-bond donors (Lipinski definition) is 2. The lowest BCUT2D eigenvalue weighted by Crippen LogP contribution is -2.18. The van der Waals surface area contributed by atoms with Crippen molar-refractivity contribution < 1.29 is 18.3 Å². The SMILES string of the molecule is COC(=O)Cc1cc(C(F)F)c(=O)[nH]c1N. The van der Waals surface area contributed by atoms with Crippen LogP contribution in [0.3, 0.4) is 0 Å². The molecule has 1 rings (SSSR count). The maximum absolute atomic E-state index is 12.4. The zero-order valence-corrected chi connectivity index (χ0v) is 8.42. The first kappa shape index (κ1) is 12.2. The van der Waals surface area contributed by atoms with Crippen molar-refractivity contribution in [3.05, 3.63) is 27.5 Å². The van der Waals surface area contributed by atoms with Crippen molar-refractivity contribution in [2.75, 3.05) is 12.8 Å². The Labute approximate surface area is 89.2 Å². The highest BCUT2D eigenvalue weighted by atomic mass is 19.3. The Balaban J connectivity index is 3.15. The topological polar surface area (TPSA) is 85.2 Å². The van der Waals surface area contributed by atoms with E-state index in [0.29, 0.717) is 0 Å². The van der Waals surface area contributed by atoms with Crippen LogP contribution in [0.1, 0.15) is 17.6 Å². The molecule has 0 fully saturated rings. The van der Waals surface area contributed by atoms with Gasteiger partial charge in [-0.2, -0.15) is 0 Å². The number of alkyl halides is 2. The van der Waals surface area contributed by atoms with Gasteiger partial charge in [0.1, 0.15) is 5.82 Å². The van der Waals surface area contributed by atoms with Crippen molar-refractivity contribution in [1.29, 1.82) is 0 Å². The third-order valence-corrected chi connectivity index (χ3v) is 1.98. The maximum Gasteiger partial charge on any atom is 0.310 e. The monoisotopic (exact) mass is 232 g/mol. The third kappa shape index (κ3) is 2.56. The number of carbonyl (C=O) groups excluding carboxylic acids is 1. The van der Waals surface area contributed by atoms with E-state index in [4.69, 9.17) is 5.73 Å². The first-order chi connectivity index (χ1) is 7.45. The molecule has 0 aliphatic carbocycles. The zero-order chi connectivity index (χ0) is 12.3. The lowest BCUT2D eigenvalue weighted by Gasteiger charge is -2.06. The fourth-order valence-corrected chi connectivity index (χ4v) is 1.14. The van der Waals surface area contributed by atoms with Crippen molar-refractivity contribution >= 4 is 11.8 Å². The molecule has 0 radical (unpaired) electrons. The highest BCUT2D eigenvalue weighted by molar-refractivity contribution is 5.74. The number of esters is 1. The number of carbonyl (C=O) groups is 1. The highest BCUT2D eigenvalue weighted by Gasteiger charge is 2.16. The molecule has 16 heavy (non-hydrogen) atoms. The molecule has 7 heteroatoms. The quantitative estimate of drug-likeness (QED) is 0.747. The van der Waals surface area contributed by atoms with Crippen molar-refractivity contribution in [3.8, 4) is 0 Å². The Morgan fingerprint density at radius 3 is 2.75 bits per heavy atom. The molecule has 0 unspecified atom stereocenters. The van der Waals surface area contributed by atoms with E-state index >= 15 is 0 Å². The molecule has 0 atom stereocenters. The van der Waals surface area contributed by atoms with Gasteiger partial charge >= 0.3 is 5.97 Å². The fraction of sp³-hybridized carbons (Fsp3) is 0.333. The minimum Gasteiger partial charge on any atom is -0.469 e. The normalized spacial score (nSPS) is 10.5. The number of anilines is 1. The van der Waals surface area contributed by atoms with Crippen LogP contribution in [0, 0.1) is 0 Å². The molecule has 0 aliphatic heterocycles. The van der Waals surface area contributed by atoms with Gasteiger partial charge in [-0.1, -0.05) is 0 Å². The molecule has 0 saturated heterocycles. The van der Waals surface area contributed by atoms with Gasteiger partial charge in [-0.25, -0.2) is 8.78 Å². The molecule has 0 aromatic carbocycles. The number of halogens is 2. The average molecular weight is 232 g/mol. The van der Waals surface area contributed by atoms with E-state index in [1.165, 1.54) is 0 Å². The summed E-state index contributed by atoms with van der Waals surface area (Å²) in [5.74, 6) is -0.737. The van der Waals surface area contributed by atoms with E-state index in [0.717, 1.165) is 13.2 Å². The number of pyridine rings is 1. The van der Waals surface area contributed by atoms with Gasteiger partial charge in [-0.3, -0.25) is 9.59 Å².